The summed E-state index contributed by atoms with van der Waals surface area (Å²) < 4.78 is 77.7. The molecule has 0 bridgehead atoms. The Labute approximate surface area is 332 Å². The average molecular weight is 832 g/mol. The average Bonchev–Trinajstić information content (AvgIpc) is 3.77. The van der Waals surface area contributed by atoms with Crippen LogP contribution in [-0.2, 0) is 43.7 Å². The van der Waals surface area contributed by atoms with Gasteiger partial charge in [-0.25, -0.2) is 22.7 Å². The molecule has 0 radical (unpaired) electrons. The Kier molecular flexibility index (Phi) is 11.2. The number of alkyl halides is 3. The molecule has 0 saturated carbocycles. The summed E-state index contributed by atoms with van der Waals surface area (Å²) in [6, 6.07) is 3.78. The standard InChI is InChI=1S/C37H44F3N9O8S/c1-36(2,54)21-47-18-22(16-42-47)32-27(37(38,39)40)17-41-35(45-32)43-23-8-14-48(15-9-23)58(55,56)24-10-12-46(13-11-24)31(51)20-57-29-5-3-4-25-26(29)19-49(34(25)53)28-6-7-30(50)44-33(28)52/h3-5,16-18,23-24,28,54H,6-15,19-21H2,1-2H3,(H,41,43,45)(H,44,50,52). The molecule has 0 spiro atoms. The summed E-state index contributed by atoms with van der Waals surface area (Å²) in [7, 11) is -3.73. The molecule has 58 heavy (non-hydrogen) atoms. The van der Waals surface area contributed by atoms with Gasteiger partial charge in [-0.05, 0) is 58.1 Å². The minimum absolute atomic E-state index is 0.0418. The van der Waals surface area contributed by atoms with Crippen LogP contribution in [0.2, 0.25) is 0 Å². The maximum atomic E-state index is 13.9. The van der Waals surface area contributed by atoms with Gasteiger partial charge < -0.3 is 25.0 Å². The zero-order valence-electron chi connectivity index (χ0n) is 31.9. The molecule has 4 aliphatic heterocycles. The van der Waals surface area contributed by atoms with Gasteiger partial charge in [-0.2, -0.15) is 18.3 Å². The minimum Gasteiger partial charge on any atom is -0.483 e. The number of sulfonamides is 1. The normalized spacial score (nSPS) is 20.3. The number of ether oxygens (including phenoxy) is 1. The molecule has 3 fully saturated rings. The fourth-order valence-electron chi connectivity index (χ4n) is 7.82. The monoisotopic (exact) mass is 831 g/mol. The fraction of sp³-hybridized carbons (Fsp3) is 0.541. The molecule has 2 aromatic heterocycles. The van der Waals surface area contributed by atoms with Gasteiger partial charge in [0, 0.05) is 67.7 Å². The van der Waals surface area contributed by atoms with Crippen LogP contribution in [0.15, 0.2) is 36.8 Å². The summed E-state index contributed by atoms with van der Waals surface area (Å²) in [5.41, 5.74) is -1.57. The van der Waals surface area contributed by atoms with Gasteiger partial charge in [0.2, 0.25) is 27.8 Å². The molecule has 3 N–H and O–H groups in total. The SMILES string of the molecule is CC(C)(O)Cn1cc(-c2nc(NC3CCN(S(=O)(=O)C4CCN(C(=O)COc5cccc6c5CN(C5CCC(=O)NC5=O)C6=O)CC4)CC3)ncc2C(F)(F)F)cn1. The van der Waals surface area contributed by atoms with Crippen LogP contribution in [-0.4, -0.2) is 127 Å². The third-order valence-electron chi connectivity index (χ3n) is 10.8. The maximum absolute atomic E-state index is 13.9. The molecule has 6 heterocycles. The van der Waals surface area contributed by atoms with Crippen LogP contribution < -0.4 is 15.4 Å². The third kappa shape index (κ3) is 8.80. The summed E-state index contributed by atoms with van der Waals surface area (Å²) in [4.78, 5) is 61.4. The third-order valence-corrected chi connectivity index (χ3v) is 13.2. The lowest BCUT2D eigenvalue weighted by atomic mass is 10.0. The van der Waals surface area contributed by atoms with Crippen molar-refractivity contribution >= 4 is 39.6 Å². The number of likely N-dealkylation sites (tertiary alicyclic amines) is 1. The second-order valence-corrected chi connectivity index (χ2v) is 17.8. The Hall–Kier alpha value is -5.15. The lowest BCUT2D eigenvalue weighted by Gasteiger charge is -2.37. The van der Waals surface area contributed by atoms with Gasteiger partial charge in [0.25, 0.3) is 11.8 Å². The molecular weight excluding hydrogens is 788 g/mol. The van der Waals surface area contributed by atoms with E-state index in [1.54, 1.807) is 36.9 Å². The first-order valence-corrected chi connectivity index (χ1v) is 20.5. The number of anilines is 1. The number of imide groups is 1. The van der Waals surface area contributed by atoms with Crippen molar-refractivity contribution < 1.29 is 50.6 Å². The number of hydrogen-bond donors (Lipinski definition) is 3. The summed E-state index contributed by atoms with van der Waals surface area (Å²) >= 11 is 0. The van der Waals surface area contributed by atoms with Crippen molar-refractivity contribution in [2.24, 2.45) is 0 Å². The quantitative estimate of drug-likeness (QED) is 0.238. The van der Waals surface area contributed by atoms with Gasteiger partial charge in [0.1, 0.15) is 17.4 Å². The van der Waals surface area contributed by atoms with Crippen LogP contribution in [0.3, 0.4) is 0 Å². The number of nitrogens with one attached hydrogen (secondary N) is 2. The number of nitrogens with zero attached hydrogens (tertiary/aromatic N) is 7. The van der Waals surface area contributed by atoms with Crippen LogP contribution in [0.5, 0.6) is 5.75 Å². The van der Waals surface area contributed by atoms with E-state index in [1.165, 1.54) is 26.3 Å². The predicted octanol–water partition coefficient (Wildman–Crippen LogP) is 2.17. The van der Waals surface area contributed by atoms with E-state index in [0.717, 1.165) is 0 Å². The first-order valence-electron chi connectivity index (χ1n) is 19.0. The molecule has 3 aromatic rings. The molecule has 0 aliphatic carbocycles. The Balaban J connectivity index is 0.900. The predicted molar refractivity (Wildman–Crippen MR) is 199 cm³/mol. The Morgan fingerprint density at radius 3 is 2.43 bits per heavy atom. The van der Waals surface area contributed by atoms with E-state index in [1.807, 2.05) is 0 Å². The van der Waals surface area contributed by atoms with Crippen molar-refractivity contribution in [3.63, 3.8) is 0 Å². The largest absolute Gasteiger partial charge is 0.483 e. The molecule has 1 aromatic carbocycles. The number of fused-ring (bicyclic) bond motifs is 1. The fourth-order valence-corrected chi connectivity index (χ4v) is 9.77. The van der Waals surface area contributed by atoms with Crippen LogP contribution in [0.25, 0.3) is 11.3 Å². The first kappa shape index (κ1) is 41.0. The zero-order chi connectivity index (χ0) is 41.6. The molecule has 1 atom stereocenters. The molecule has 4 aliphatic rings. The number of halogens is 3. The summed E-state index contributed by atoms with van der Waals surface area (Å²) in [6.07, 6.45) is 0.0704. The number of hydrogen-bond acceptors (Lipinski definition) is 12. The molecule has 1 unspecified atom stereocenters. The van der Waals surface area contributed by atoms with Crippen molar-refractivity contribution in [2.45, 2.75) is 94.6 Å². The van der Waals surface area contributed by atoms with Gasteiger partial charge in [-0.1, -0.05) is 6.07 Å². The molecule has 312 valence electrons. The van der Waals surface area contributed by atoms with Crippen LogP contribution in [0.1, 0.15) is 73.9 Å². The highest BCUT2D eigenvalue weighted by atomic mass is 32.2. The first-order chi connectivity index (χ1) is 27.4. The van der Waals surface area contributed by atoms with E-state index in [9.17, 15) is 45.9 Å². The summed E-state index contributed by atoms with van der Waals surface area (Å²) in [5.74, 6) is -1.35. The Morgan fingerprint density at radius 1 is 1.03 bits per heavy atom. The number of benzene rings is 1. The molecular formula is C37H44F3N9O8S. The number of carbonyl (C=O) groups excluding carboxylic acids is 4. The highest BCUT2D eigenvalue weighted by Gasteiger charge is 2.41. The van der Waals surface area contributed by atoms with E-state index < -0.39 is 44.6 Å². The van der Waals surface area contributed by atoms with E-state index >= 15 is 0 Å². The van der Waals surface area contributed by atoms with Gasteiger partial charge in [0.15, 0.2) is 6.61 Å². The molecule has 4 amide bonds. The highest BCUT2D eigenvalue weighted by molar-refractivity contribution is 7.89. The Bertz CT molecular complexity index is 2190. The van der Waals surface area contributed by atoms with Crippen molar-refractivity contribution in [1.82, 2.24) is 39.2 Å². The number of carbonyl (C=O) groups is 4. The van der Waals surface area contributed by atoms with Crippen LogP contribution in [0, 0.1) is 0 Å². The molecule has 3 saturated heterocycles. The second kappa shape index (κ2) is 15.9. The minimum atomic E-state index is -4.74. The number of aromatic nitrogens is 4. The maximum Gasteiger partial charge on any atom is 0.419 e. The van der Waals surface area contributed by atoms with Gasteiger partial charge in [-0.15, -0.1) is 0 Å². The van der Waals surface area contributed by atoms with Crippen molar-refractivity contribution in [2.75, 3.05) is 38.1 Å². The van der Waals surface area contributed by atoms with Gasteiger partial charge in [-0.3, -0.25) is 29.2 Å². The zero-order valence-corrected chi connectivity index (χ0v) is 32.7. The van der Waals surface area contributed by atoms with Crippen LogP contribution in [0.4, 0.5) is 19.1 Å². The van der Waals surface area contributed by atoms with E-state index in [2.05, 4.69) is 25.7 Å². The number of piperidine rings is 3. The highest BCUT2D eigenvalue weighted by Crippen LogP contribution is 2.37. The van der Waals surface area contributed by atoms with Gasteiger partial charge in [0.05, 0.1) is 35.8 Å². The summed E-state index contributed by atoms with van der Waals surface area (Å²) in [5, 5.41) is 18.8. The van der Waals surface area contributed by atoms with E-state index in [0.29, 0.717) is 35.9 Å². The van der Waals surface area contributed by atoms with Crippen molar-refractivity contribution in [3.05, 3.63) is 53.5 Å². The smallest absolute Gasteiger partial charge is 0.419 e. The Morgan fingerprint density at radius 2 is 1.76 bits per heavy atom. The second-order valence-electron chi connectivity index (χ2n) is 15.6. The lowest BCUT2D eigenvalue weighted by molar-refractivity contribution is -0.138. The van der Waals surface area contributed by atoms with Gasteiger partial charge >= 0.3 is 6.18 Å². The van der Waals surface area contributed by atoms with E-state index in [4.69, 9.17) is 4.74 Å². The lowest BCUT2D eigenvalue weighted by Crippen LogP contribution is -2.52. The number of aliphatic hydroxyl groups is 1. The topological polar surface area (TPSA) is 209 Å². The number of rotatable bonds is 11. The number of amides is 4. The summed E-state index contributed by atoms with van der Waals surface area (Å²) in [6.45, 7) is 3.65. The van der Waals surface area contributed by atoms with E-state index in [-0.39, 0.29) is 113 Å². The molecule has 17 nitrogen and oxygen atoms in total. The molecule has 7 rings (SSSR count). The van der Waals surface area contributed by atoms with Crippen LogP contribution >= 0.6 is 0 Å². The molecule has 21 heteroatoms. The van der Waals surface area contributed by atoms with Crippen molar-refractivity contribution in [3.8, 4) is 17.0 Å². The van der Waals surface area contributed by atoms with Crippen molar-refractivity contribution in [1.29, 1.82) is 0 Å².